The second kappa shape index (κ2) is 6.64. The van der Waals surface area contributed by atoms with Crippen LogP contribution in [0.4, 0.5) is 0 Å². The SMILES string of the molecule is COc1cc(C=O)cc(Br)c1OCCC(C)C. The van der Waals surface area contributed by atoms with Crippen molar-refractivity contribution in [2.45, 2.75) is 20.3 Å². The van der Waals surface area contributed by atoms with E-state index in [4.69, 9.17) is 9.47 Å². The molecule has 0 aliphatic heterocycles. The number of hydrogen-bond acceptors (Lipinski definition) is 3. The van der Waals surface area contributed by atoms with Crippen molar-refractivity contribution in [3.05, 3.63) is 22.2 Å². The van der Waals surface area contributed by atoms with Gasteiger partial charge in [0.2, 0.25) is 0 Å². The zero-order valence-corrected chi connectivity index (χ0v) is 11.9. The maximum absolute atomic E-state index is 10.7. The Morgan fingerprint density at radius 3 is 2.65 bits per heavy atom. The average Bonchev–Trinajstić information content (AvgIpc) is 2.30. The Labute approximate surface area is 110 Å². The number of ether oxygens (including phenoxy) is 2. The van der Waals surface area contributed by atoms with Crippen LogP contribution in [0.25, 0.3) is 0 Å². The van der Waals surface area contributed by atoms with Crippen molar-refractivity contribution in [3.63, 3.8) is 0 Å². The van der Waals surface area contributed by atoms with Gasteiger partial charge in [-0.3, -0.25) is 4.79 Å². The summed E-state index contributed by atoms with van der Waals surface area (Å²) in [6, 6.07) is 3.39. The highest BCUT2D eigenvalue weighted by molar-refractivity contribution is 9.10. The lowest BCUT2D eigenvalue weighted by Gasteiger charge is -2.13. The second-order valence-electron chi connectivity index (χ2n) is 4.18. The first-order chi connectivity index (χ1) is 8.08. The van der Waals surface area contributed by atoms with E-state index >= 15 is 0 Å². The van der Waals surface area contributed by atoms with Gasteiger partial charge in [0.05, 0.1) is 18.2 Å². The van der Waals surface area contributed by atoms with Gasteiger partial charge >= 0.3 is 0 Å². The highest BCUT2D eigenvalue weighted by atomic mass is 79.9. The molecule has 0 radical (unpaired) electrons. The molecule has 4 heteroatoms. The quantitative estimate of drug-likeness (QED) is 0.752. The van der Waals surface area contributed by atoms with Crippen LogP contribution in [0, 0.1) is 5.92 Å². The first-order valence-corrected chi connectivity index (χ1v) is 6.33. The monoisotopic (exact) mass is 300 g/mol. The minimum Gasteiger partial charge on any atom is -0.493 e. The lowest BCUT2D eigenvalue weighted by molar-refractivity contribution is 0.112. The summed E-state index contributed by atoms with van der Waals surface area (Å²) in [5.74, 6) is 1.82. The van der Waals surface area contributed by atoms with Crippen molar-refractivity contribution in [3.8, 4) is 11.5 Å². The van der Waals surface area contributed by atoms with Gasteiger partial charge < -0.3 is 9.47 Å². The van der Waals surface area contributed by atoms with Crippen molar-refractivity contribution < 1.29 is 14.3 Å². The van der Waals surface area contributed by atoms with Crippen LogP contribution in [0.1, 0.15) is 30.6 Å². The fourth-order valence-electron chi connectivity index (χ4n) is 1.34. The van der Waals surface area contributed by atoms with Crippen molar-refractivity contribution in [1.82, 2.24) is 0 Å². The Morgan fingerprint density at radius 2 is 2.12 bits per heavy atom. The number of rotatable bonds is 6. The van der Waals surface area contributed by atoms with E-state index in [0.717, 1.165) is 17.2 Å². The van der Waals surface area contributed by atoms with Crippen LogP contribution < -0.4 is 9.47 Å². The zero-order valence-electron chi connectivity index (χ0n) is 10.3. The Kier molecular flexibility index (Phi) is 5.48. The third-order valence-corrected chi connectivity index (χ3v) is 2.92. The largest absolute Gasteiger partial charge is 0.493 e. The van der Waals surface area contributed by atoms with Crippen molar-refractivity contribution in [2.75, 3.05) is 13.7 Å². The molecular weight excluding hydrogens is 284 g/mol. The summed E-state index contributed by atoms with van der Waals surface area (Å²) in [7, 11) is 1.56. The molecule has 1 aromatic carbocycles. The standard InChI is InChI=1S/C13H17BrO3/c1-9(2)4-5-17-13-11(14)6-10(8-15)7-12(13)16-3/h6-9H,4-5H2,1-3H3. The molecule has 94 valence electrons. The summed E-state index contributed by atoms with van der Waals surface area (Å²) in [6.45, 7) is 4.92. The first-order valence-electron chi connectivity index (χ1n) is 5.54. The van der Waals surface area contributed by atoms with Crippen LogP contribution >= 0.6 is 15.9 Å². The summed E-state index contributed by atoms with van der Waals surface area (Å²) < 4.78 is 11.6. The third kappa shape index (κ3) is 4.04. The first kappa shape index (κ1) is 14.0. The van der Waals surface area contributed by atoms with Crippen molar-refractivity contribution in [1.29, 1.82) is 0 Å². The molecule has 0 aliphatic carbocycles. The molecule has 0 aromatic heterocycles. The Morgan fingerprint density at radius 1 is 1.41 bits per heavy atom. The van der Waals surface area contributed by atoms with Crippen LogP contribution in [0.15, 0.2) is 16.6 Å². The van der Waals surface area contributed by atoms with Crippen LogP contribution in [0.2, 0.25) is 0 Å². The van der Waals surface area contributed by atoms with Gasteiger partial charge in [0.1, 0.15) is 6.29 Å². The minimum atomic E-state index is 0.560. The zero-order chi connectivity index (χ0) is 12.8. The molecule has 0 spiro atoms. The smallest absolute Gasteiger partial charge is 0.175 e. The van der Waals surface area contributed by atoms with Gasteiger partial charge in [0.25, 0.3) is 0 Å². The van der Waals surface area contributed by atoms with E-state index in [1.807, 2.05) is 0 Å². The number of benzene rings is 1. The molecule has 0 saturated heterocycles. The van der Waals surface area contributed by atoms with E-state index in [1.165, 1.54) is 0 Å². The molecule has 0 atom stereocenters. The van der Waals surface area contributed by atoms with Crippen molar-refractivity contribution >= 4 is 22.2 Å². The molecule has 0 fully saturated rings. The topological polar surface area (TPSA) is 35.5 Å². The van der Waals surface area contributed by atoms with Gasteiger partial charge in [-0.2, -0.15) is 0 Å². The van der Waals surface area contributed by atoms with Gasteiger partial charge in [0, 0.05) is 5.56 Å². The van der Waals surface area contributed by atoms with Gasteiger partial charge in [-0.1, -0.05) is 13.8 Å². The summed E-state index contributed by atoms with van der Waals surface area (Å²) in [4.78, 5) is 10.7. The van der Waals surface area contributed by atoms with E-state index in [0.29, 0.717) is 29.6 Å². The maximum atomic E-state index is 10.7. The number of halogens is 1. The fraction of sp³-hybridized carbons (Fsp3) is 0.462. The molecule has 0 aliphatic rings. The van der Waals surface area contributed by atoms with Crippen LogP contribution in [0.3, 0.4) is 0 Å². The molecule has 0 N–H and O–H groups in total. The molecule has 3 nitrogen and oxygen atoms in total. The highest BCUT2D eigenvalue weighted by Gasteiger charge is 2.11. The summed E-state index contributed by atoms with van der Waals surface area (Å²) in [6.07, 6.45) is 1.76. The predicted molar refractivity (Wildman–Crippen MR) is 71.0 cm³/mol. The average molecular weight is 301 g/mol. The lowest BCUT2D eigenvalue weighted by atomic mass is 10.1. The number of carbonyl (C=O) groups excluding carboxylic acids is 1. The molecule has 0 amide bonds. The summed E-state index contributed by atoms with van der Waals surface area (Å²) >= 11 is 3.38. The molecule has 0 bridgehead atoms. The van der Waals surface area contributed by atoms with E-state index in [9.17, 15) is 4.79 Å². The van der Waals surface area contributed by atoms with Gasteiger partial charge in [-0.05, 0) is 40.4 Å². The molecule has 0 unspecified atom stereocenters. The third-order valence-electron chi connectivity index (χ3n) is 2.33. The van der Waals surface area contributed by atoms with E-state index in [2.05, 4.69) is 29.8 Å². The summed E-state index contributed by atoms with van der Waals surface area (Å²) in [5.41, 5.74) is 0.560. The normalized spacial score (nSPS) is 10.4. The van der Waals surface area contributed by atoms with Gasteiger partial charge in [-0.15, -0.1) is 0 Å². The van der Waals surface area contributed by atoms with Crippen LogP contribution in [-0.4, -0.2) is 20.0 Å². The molecule has 0 heterocycles. The van der Waals surface area contributed by atoms with E-state index < -0.39 is 0 Å². The highest BCUT2D eigenvalue weighted by Crippen LogP contribution is 2.36. The molecule has 1 rings (SSSR count). The Balaban J connectivity index is 2.86. The summed E-state index contributed by atoms with van der Waals surface area (Å²) in [5, 5.41) is 0. The minimum absolute atomic E-state index is 0.560. The number of aldehydes is 1. The predicted octanol–water partition coefficient (Wildman–Crippen LogP) is 3.70. The number of hydrogen-bond donors (Lipinski definition) is 0. The molecule has 1 aromatic rings. The number of carbonyl (C=O) groups is 1. The Bertz CT molecular complexity index is 388. The fourth-order valence-corrected chi connectivity index (χ4v) is 1.92. The van der Waals surface area contributed by atoms with Crippen LogP contribution in [0.5, 0.6) is 11.5 Å². The molecule has 17 heavy (non-hydrogen) atoms. The molecular formula is C13H17BrO3. The molecule has 0 saturated carbocycles. The van der Waals surface area contributed by atoms with Gasteiger partial charge in [-0.25, -0.2) is 0 Å². The van der Waals surface area contributed by atoms with Crippen molar-refractivity contribution in [2.24, 2.45) is 5.92 Å². The van der Waals surface area contributed by atoms with E-state index in [1.54, 1.807) is 19.2 Å². The number of methoxy groups -OCH3 is 1. The maximum Gasteiger partial charge on any atom is 0.175 e. The second-order valence-corrected chi connectivity index (χ2v) is 5.04. The van der Waals surface area contributed by atoms with E-state index in [-0.39, 0.29) is 0 Å². The Hall–Kier alpha value is -1.03. The van der Waals surface area contributed by atoms with Gasteiger partial charge in [0.15, 0.2) is 11.5 Å². The van der Waals surface area contributed by atoms with Crippen LogP contribution in [-0.2, 0) is 0 Å². The lowest BCUT2D eigenvalue weighted by Crippen LogP contribution is -2.03.